The van der Waals surface area contributed by atoms with Crippen LogP contribution in [0.2, 0.25) is 0 Å². The van der Waals surface area contributed by atoms with Crippen molar-refractivity contribution < 1.29 is 18.0 Å². The minimum absolute atomic E-state index is 0.0385. The number of halogens is 3. The molecule has 0 N–H and O–H groups in total. The zero-order chi connectivity index (χ0) is 26.3. The van der Waals surface area contributed by atoms with Crippen LogP contribution in [0.25, 0.3) is 27.4 Å². The highest BCUT2D eigenvalue weighted by molar-refractivity contribution is 5.98. The molecule has 0 aliphatic carbocycles. The van der Waals surface area contributed by atoms with Crippen molar-refractivity contribution in [1.29, 1.82) is 0 Å². The Hall–Kier alpha value is -4.10. The van der Waals surface area contributed by atoms with Crippen LogP contribution in [0.5, 0.6) is 0 Å². The van der Waals surface area contributed by atoms with Crippen LogP contribution in [0, 0.1) is 0 Å². The molecule has 7 heteroatoms. The Bertz CT molecular complexity index is 1630. The number of carbonyl (C=O) groups is 1. The van der Waals surface area contributed by atoms with Crippen molar-refractivity contribution in [2.24, 2.45) is 0 Å². The number of hydrogen-bond acceptors (Lipinski definition) is 2. The van der Waals surface area contributed by atoms with Gasteiger partial charge >= 0.3 is 6.18 Å². The Morgan fingerprint density at radius 3 is 2.29 bits per heavy atom. The van der Waals surface area contributed by atoms with Gasteiger partial charge in [0.25, 0.3) is 5.91 Å². The lowest BCUT2D eigenvalue weighted by atomic mass is 10.1. The van der Waals surface area contributed by atoms with E-state index in [9.17, 15) is 18.0 Å². The maximum Gasteiger partial charge on any atom is 0.416 e. The van der Waals surface area contributed by atoms with E-state index in [-0.39, 0.29) is 5.91 Å². The summed E-state index contributed by atoms with van der Waals surface area (Å²) in [6.45, 7) is 3.35. The van der Waals surface area contributed by atoms with Crippen LogP contribution < -0.4 is 0 Å². The van der Waals surface area contributed by atoms with Crippen molar-refractivity contribution >= 4 is 27.6 Å². The maximum absolute atomic E-state index is 13.3. The summed E-state index contributed by atoms with van der Waals surface area (Å²) in [5.74, 6) is 0.0385. The number of hydrogen-bond donors (Lipinski definition) is 0. The fourth-order valence-corrected chi connectivity index (χ4v) is 5.28. The monoisotopic (exact) mass is 513 g/mol. The van der Waals surface area contributed by atoms with Crippen molar-refractivity contribution in [2.75, 3.05) is 26.2 Å². The normalized spacial score (nSPS) is 14.9. The third-order valence-corrected chi connectivity index (χ3v) is 7.30. The number of alkyl halides is 3. The first-order chi connectivity index (χ1) is 18.4. The van der Waals surface area contributed by atoms with Crippen LogP contribution >= 0.6 is 0 Å². The lowest BCUT2D eigenvalue weighted by molar-refractivity contribution is -0.137. The summed E-state index contributed by atoms with van der Waals surface area (Å²) in [7, 11) is 0. The van der Waals surface area contributed by atoms with Gasteiger partial charge in [-0.3, -0.25) is 9.69 Å². The Kier molecular flexibility index (Phi) is 6.16. The zero-order valence-corrected chi connectivity index (χ0v) is 20.7. The van der Waals surface area contributed by atoms with Gasteiger partial charge in [0.1, 0.15) is 0 Å². The van der Waals surface area contributed by atoms with E-state index in [0.717, 1.165) is 46.4 Å². The van der Waals surface area contributed by atoms with Crippen LogP contribution in [-0.2, 0) is 12.7 Å². The summed E-state index contributed by atoms with van der Waals surface area (Å²) in [4.78, 5) is 17.4. The van der Waals surface area contributed by atoms with Crippen LogP contribution in [-0.4, -0.2) is 46.5 Å². The molecular weight excluding hydrogens is 487 g/mol. The number of amides is 1. The highest BCUT2D eigenvalue weighted by Gasteiger charge is 2.30. The van der Waals surface area contributed by atoms with Crippen LogP contribution in [0.4, 0.5) is 13.2 Å². The van der Waals surface area contributed by atoms with Gasteiger partial charge in [-0.25, -0.2) is 0 Å². The van der Waals surface area contributed by atoms with Gasteiger partial charge in [0.05, 0.1) is 11.1 Å². The molecule has 4 aromatic carbocycles. The van der Waals surface area contributed by atoms with Crippen molar-refractivity contribution in [1.82, 2.24) is 14.4 Å². The van der Waals surface area contributed by atoms with Gasteiger partial charge in [-0.15, -0.1) is 0 Å². The molecule has 1 saturated heterocycles. The smallest absolute Gasteiger partial charge is 0.336 e. The second-order valence-electron chi connectivity index (χ2n) is 9.72. The number of benzene rings is 4. The Balaban J connectivity index is 1.19. The number of carbonyl (C=O) groups excluding carboxylic acids is 1. The molecule has 0 spiro atoms. The van der Waals surface area contributed by atoms with Gasteiger partial charge in [-0.1, -0.05) is 54.6 Å². The maximum atomic E-state index is 13.3. The number of fused-ring (bicyclic) bond motifs is 2. The topological polar surface area (TPSA) is 28.5 Å². The molecule has 5 aromatic rings. The van der Waals surface area contributed by atoms with E-state index < -0.39 is 11.7 Å². The number of aromatic nitrogens is 1. The molecule has 2 heterocycles. The third-order valence-electron chi connectivity index (χ3n) is 7.30. The van der Waals surface area contributed by atoms with Crippen molar-refractivity contribution in [3.63, 3.8) is 0 Å². The number of nitrogens with zero attached hydrogens (tertiary/aromatic N) is 3. The van der Waals surface area contributed by atoms with E-state index in [1.54, 1.807) is 6.07 Å². The first-order valence-corrected chi connectivity index (χ1v) is 12.6. The summed E-state index contributed by atoms with van der Waals surface area (Å²) in [6, 6.07) is 27.0. The molecule has 38 heavy (non-hydrogen) atoms. The van der Waals surface area contributed by atoms with Gasteiger partial charge in [0, 0.05) is 55.6 Å². The highest BCUT2D eigenvalue weighted by atomic mass is 19.4. The van der Waals surface area contributed by atoms with Crippen molar-refractivity contribution in [2.45, 2.75) is 12.7 Å². The summed E-state index contributed by atoms with van der Waals surface area (Å²) in [5.41, 5.74) is 2.43. The van der Waals surface area contributed by atoms with Crippen LogP contribution in [0.3, 0.4) is 0 Å². The lowest BCUT2D eigenvalue weighted by Crippen LogP contribution is -2.48. The number of piperazine rings is 1. The molecule has 1 aliphatic rings. The first kappa shape index (κ1) is 24.2. The third kappa shape index (κ3) is 4.65. The molecule has 192 valence electrons. The largest absolute Gasteiger partial charge is 0.416 e. The second-order valence-corrected chi connectivity index (χ2v) is 9.72. The summed E-state index contributed by atoms with van der Waals surface area (Å²) < 4.78 is 41.8. The average Bonchev–Trinajstić information content (AvgIpc) is 3.31. The predicted molar refractivity (Wildman–Crippen MR) is 143 cm³/mol. The van der Waals surface area contributed by atoms with Gasteiger partial charge < -0.3 is 9.47 Å². The van der Waals surface area contributed by atoms with Crippen LogP contribution in [0.15, 0.2) is 97.2 Å². The molecule has 1 aliphatic heterocycles. The molecule has 1 aromatic heterocycles. The fourth-order valence-electron chi connectivity index (χ4n) is 5.28. The highest BCUT2D eigenvalue weighted by Crippen LogP contribution is 2.32. The molecule has 1 fully saturated rings. The van der Waals surface area contributed by atoms with E-state index in [1.165, 1.54) is 12.1 Å². The molecule has 0 unspecified atom stereocenters. The Morgan fingerprint density at radius 2 is 1.50 bits per heavy atom. The standard InChI is InChI=1S/C31H26F3N3O/c32-31(33,34)26-8-5-9-27(19-26)37-21-25(28-10-3-4-11-29(28)37)20-35-14-16-36(17-15-35)30(38)24-13-12-22-6-1-2-7-23(22)18-24/h1-13,18-19,21H,14-17,20H2. The van der Waals surface area contributed by atoms with Gasteiger partial charge in [0.15, 0.2) is 0 Å². The van der Waals surface area contributed by atoms with E-state index in [1.807, 2.05) is 82.4 Å². The minimum atomic E-state index is -4.40. The van der Waals surface area contributed by atoms with E-state index in [0.29, 0.717) is 30.9 Å². The van der Waals surface area contributed by atoms with E-state index >= 15 is 0 Å². The average molecular weight is 514 g/mol. The zero-order valence-electron chi connectivity index (χ0n) is 20.7. The predicted octanol–water partition coefficient (Wildman–Crippen LogP) is 6.76. The summed E-state index contributed by atoms with van der Waals surface area (Å²) in [6.07, 6.45) is -2.46. The summed E-state index contributed by atoms with van der Waals surface area (Å²) >= 11 is 0. The molecule has 0 radical (unpaired) electrons. The Morgan fingerprint density at radius 1 is 0.763 bits per heavy atom. The second kappa shape index (κ2) is 9.65. The lowest BCUT2D eigenvalue weighted by Gasteiger charge is -2.34. The van der Waals surface area contributed by atoms with Gasteiger partial charge in [-0.2, -0.15) is 13.2 Å². The summed E-state index contributed by atoms with van der Waals surface area (Å²) in [5, 5.41) is 3.17. The SMILES string of the molecule is O=C(c1ccc2ccccc2c1)N1CCN(Cc2cn(-c3cccc(C(F)(F)F)c3)c3ccccc23)CC1. The van der Waals surface area contributed by atoms with E-state index in [2.05, 4.69) is 4.90 Å². The minimum Gasteiger partial charge on any atom is -0.336 e. The molecule has 1 amide bonds. The molecular formula is C31H26F3N3O. The molecule has 0 atom stereocenters. The fraction of sp³-hybridized carbons (Fsp3) is 0.194. The van der Waals surface area contributed by atoms with Gasteiger partial charge in [0.2, 0.25) is 0 Å². The van der Waals surface area contributed by atoms with Crippen molar-refractivity contribution in [3.8, 4) is 5.69 Å². The molecule has 0 bridgehead atoms. The van der Waals surface area contributed by atoms with E-state index in [4.69, 9.17) is 0 Å². The molecule has 0 saturated carbocycles. The van der Waals surface area contributed by atoms with Crippen molar-refractivity contribution in [3.05, 3.63) is 114 Å². The number of para-hydroxylation sites is 1. The van der Waals surface area contributed by atoms with Crippen LogP contribution in [0.1, 0.15) is 21.5 Å². The first-order valence-electron chi connectivity index (χ1n) is 12.6. The molecule has 4 nitrogen and oxygen atoms in total. The Labute approximate surface area is 218 Å². The van der Waals surface area contributed by atoms with Gasteiger partial charge in [-0.05, 0) is 52.7 Å². The number of rotatable bonds is 4. The quantitative estimate of drug-likeness (QED) is 0.266. The molecule has 6 rings (SSSR count).